The third-order valence-electron chi connectivity index (χ3n) is 3.57. The van der Waals surface area contributed by atoms with Gasteiger partial charge in [0.1, 0.15) is 0 Å². The van der Waals surface area contributed by atoms with Crippen LogP contribution in [-0.4, -0.2) is 46.9 Å². The van der Waals surface area contributed by atoms with Crippen molar-refractivity contribution in [2.75, 3.05) is 13.2 Å². The van der Waals surface area contributed by atoms with Gasteiger partial charge in [0.25, 0.3) is 10.0 Å². The minimum absolute atomic E-state index is 0. The van der Waals surface area contributed by atoms with Crippen LogP contribution >= 0.6 is 0 Å². The van der Waals surface area contributed by atoms with Crippen molar-refractivity contribution >= 4 is 21.8 Å². The van der Waals surface area contributed by atoms with Gasteiger partial charge in [-0.2, -0.15) is 12.8 Å². The third kappa shape index (κ3) is 4.38. The molecule has 9 heteroatoms. The Labute approximate surface area is 177 Å². The summed E-state index contributed by atoms with van der Waals surface area (Å²) in [5, 5.41) is 17.4. The number of aliphatic hydroxyl groups is 1. The summed E-state index contributed by atoms with van der Waals surface area (Å²) in [4.78, 5) is 0.111. The maximum absolute atomic E-state index is 12.7. The standard InChI is InChI=1S/C17H17N4O3S.Y/c1-14-7-8-20-17(11-14)15(12-18-20)13-19-21(9-10-22)25(23,24)16-5-3-2-4-6-16;/h2-8,11,13,22H,9-10H2,1H3;/q-1;/b19-13+;. The van der Waals surface area contributed by atoms with Crippen molar-refractivity contribution in [3.8, 4) is 0 Å². The Kier molecular flexibility index (Phi) is 7.05. The van der Waals surface area contributed by atoms with Crippen LogP contribution in [0.1, 0.15) is 11.1 Å². The second kappa shape index (κ2) is 8.86. The molecule has 3 rings (SSSR count). The molecule has 0 aliphatic heterocycles. The number of hydrogen-bond donors (Lipinski definition) is 1. The molecule has 0 amide bonds. The van der Waals surface area contributed by atoms with Crippen LogP contribution in [0.5, 0.6) is 0 Å². The van der Waals surface area contributed by atoms with Gasteiger partial charge < -0.3 is 9.62 Å². The Morgan fingerprint density at radius 3 is 2.73 bits per heavy atom. The van der Waals surface area contributed by atoms with E-state index < -0.39 is 10.0 Å². The van der Waals surface area contributed by atoms with E-state index in [2.05, 4.69) is 16.4 Å². The Hall–Kier alpha value is -1.61. The van der Waals surface area contributed by atoms with Crippen molar-refractivity contribution in [1.82, 2.24) is 14.0 Å². The van der Waals surface area contributed by atoms with Crippen LogP contribution < -0.4 is 0 Å². The largest absolute Gasteiger partial charge is 0.394 e. The van der Waals surface area contributed by atoms with E-state index in [1.54, 1.807) is 28.9 Å². The van der Waals surface area contributed by atoms with Gasteiger partial charge in [0, 0.05) is 38.9 Å². The fraction of sp³-hybridized carbons (Fsp3) is 0.176. The number of nitrogens with zero attached hydrogens (tertiary/aromatic N) is 4. The van der Waals surface area contributed by atoms with E-state index in [1.807, 2.05) is 19.1 Å². The van der Waals surface area contributed by atoms with Gasteiger partial charge in [-0.3, -0.25) is 5.10 Å². The second-order valence-electron chi connectivity index (χ2n) is 5.39. The van der Waals surface area contributed by atoms with Crippen molar-refractivity contribution in [3.05, 3.63) is 66.0 Å². The van der Waals surface area contributed by atoms with E-state index in [-0.39, 0.29) is 50.8 Å². The molecular weight excluding hydrogens is 429 g/mol. The summed E-state index contributed by atoms with van der Waals surface area (Å²) < 4.78 is 27.8. The molecule has 3 aromatic rings. The minimum atomic E-state index is -3.84. The Morgan fingerprint density at radius 2 is 2.04 bits per heavy atom. The number of hydrogen-bond acceptors (Lipinski definition) is 5. The summed E-state index contributed by atoms with van der Waals surface area (Å²) >= 11 is 0. The molecule has 0 bridgehead atoms. The van der Waals surface area contributed by atoms with Gasteiger partial charge >= 0.3 is 0 Å². The average molecular weight is 446 g/mol. The molecule has 1 aromatic carbocycles. The molecule has 7 nitrogen and oxygen atoms in total. The van der Waals surface area contributed by atoms with Crippen LogP contribution in [0.15, 0.2) is 58.7 Å². The van der Waals surface area contributed by atoms with E-state index in [1.165, 1.54) is 18.3 Å². The minimum Gasteiger partial charge on any atom is -0.394 e. The molecule has 0 saturated heterocycles. The number of aliphatic hydroxyl groups excluding tert-OH is 1. The second-order valence-corrected chi connectivity index (χ2v) is 7.23. The quantitative estimate of drug-likeness (QED) is 0.353. The number of hydrazone groups is 1. The predicted octanol–water partition coefficient (Wildman–Crippen LogP) is 1.46. The topological polar surface area (TPSA) is 87.3 Å². The first kappa shape index (κ1) is 20.7. The molecule has 0 aliphatic carbocycles. The monoisotopic (exact) mass is 446 g/mol. The molecule has 2 aromatic heterocycles. The molecule has 0 atom stereocenters. The van der Waals surface area contributed by atoms with Crippen LogP contribution in [0.3, 0.4) is 0 Å². The van der Waals surface area contributed by atoms with Crippen LogP contribution in [0.2, 0.25) is 0 Å². The summed E-state index contributed by atoms with van der Waals surface area (Å²) in [6.07, 6.45) is 5.99. The van der Waals surface area contributed by atoms with Gasteiger partial charge in [-0.05, 0) is 36.8 Å². The zero-order chi connectivity index (χ0) is 17.9. The maximum atomic E-state index is 12.7. The molecule has 133 valence electrons. The van der Waals surface area contributed by atoms with Crippen molar-refractivity contribution in [2.45, 2.75) is 11.8 Å². The first-order chi connectivity index (χ1) is 12.0. The smallest absolute Gasteiger partial charge is 0.278 e. The van der Waals surface area contributed by atoms with Crippen molar-refractivity contribution in [2.24, 2.45) is 5.10 Å². The average Bonchev–Trinajstić information content (AvgIpc) is 3.01. The SMILES string of the molecule is Cc1ccn2n[c-]c(/C=N/N(CCO)S(=O)(=O)c3ccccc3)c2c1.[Y]. The number of pyridine rings is 1. The van der Waals surface area contributed by atoms with Crippen LogP contribution in [-0.2, 0) is 42.7 Å². The molecule has 0 aliphatic rings. The van der Waals surface area contributed by atoms with Crippen molar-refractivity contribution in [1.29, 1.82) is 0 Å². The Morgan fingerprint density at radius 1 is 1.31 bits per heavy atom. The fourth-order valence-corrected chi connectivity index (χ4v) is 3.55. The molecule has 26 heavy (non-hydrogen) atoms. The molecule has 0 fully saturated rings. The van der Waals surface area contributed by atoms with E-state index >= 15 is 0 Å². The molecule has 2 heterocycles. The number of benzene rings is 1. The molecule has 0 saturated carbocycles. The zero-order valence-electron chi connectivity index (χ0n) is 14.1. The fourth-order valence-electron chi connectivity index (χ4n) is 2.31. The van der Waals surface area contributed by atoms with Gasteiger partial charge in [-0.1, -0.05) is 36.0 Å². The molecule has 1 radical (unpaired) electrons. The number of fused-ring (bicyclic) bond motifs is 1. The molecule has 0 spiro atoms. The van der Waals surface area contributed by atoms with Gasteiger partial charge in [-0.15, -0.1) is 5.56 Å². The van der Waals surface area contributed by atoms with E-state index in [0.29, 0.717) is 5.56 Å². The van der Waals surface area contributed by atoms with Crippen molar-refractivity contribution in [3.63, 3.8) is 0 Å². The summed E-state index contributed by atoms with van der Waals surface area (Å²) in [7, 11) is -3.84. The summed E-state index contributed by atoms with van der Waals surface area (Å²) in [6.45, 7) is 1.46. The van der Waals surface area contributed by atoms with Crippen LogP contribution in [0.4, 0.5) is 0 Å². The maximum Gasteiger partial charge on any atom is 0.278 e. The Bertz CT molecular complexity index is 1000. The first-order valence-corrected chi connectivity index (χ1v) is 9.05. The summed E-state index contributed by atoms with van der Waals surface area (Å²) in [5.74, 6) is 0. The molecule has 1 N–H and O–H groups in total. The summed E-state index contributed by atoms with van der Waals surface area (Å²) in [6, 6.07) is 11.8. The van der Waals surface area contributed by atoms with Gasteiger partial charge in [0.05, 0.1) is 18.0 Å². The van der Waals surface area contributed by atoms with Crippen LogP contribution in [0.25, 0.3) is 5.52 Å². The summed E-state index contributed by atoms with van der Waals surface area (Å²) in [5.41, 5.74) is 2.37. The van der Waals surface area contributed by atoms with E-state index in [0.717, 1.165) is 15.5 Å². The molecular formula is C17H17N4O3SY-. The normalized spacial score (nSPS) is 11.6. The Balaban J connectivity index is 0.00000243. The van der Waals surface area contributed by atoms with Gasteiger partial charge in [0.2, 0.25) is 0 Å². The predicted molar refractivity (Wildman–Crippen MR) is 93.8 cm³/mol. The van der Waals surface area contributed by atoms with Gasteiger partial charge in [-0.25, -0.2) is 5.10 Å². The molecule has 0 unspecified atom stereocenters. The van der Waals surface area contributed by atoms with Crippen molar-refractivity contribution < 1.29 is 46.2 Å². The van der Waals surface area contributed by atoms with Gasteiger partial charge in [0.15, 0.2) is 0 Å². The number of aromatic nitrogens is 2. The number of aryl methyl sites for hydroxylation is 1. The third-order valence-corrected chi connectivity index (χ3v) is 5.27. The number of rotatable bonds is 6. The van der Waals surface area contributed by atoms with Crippen LogP contribution in [0, 0.1) is 13.1 Å². The van der Waals surface area contributed by atoms with E-state index in [4.69, 9.17) is 0 Å². The first-order valence-electron chi connectivity index (χ1n) is 7.61. The van der Waals surface area contributed by atoms with E-state index in [9.17, 15) is 13.5 Å². The zero-order valence-corrected chi connectivity index (χ0v) is 17.8. The number of sulfonamides is 1.